The third-order valence-corrected chi connectivity index (χ3v) is 7.88. The first kappa shape index (κ1) is 21.5. The molecule has 4 aliphatic rings. The predicted octanol–water partition coefficient (Wildman–Crippen LogP) is 5.39. The summed E-state index contributed by atoms with van der Waals surface area (Å²) in [5, 5.41) is 12.1. The molecule has 4 heterocycles. The number of halogens is 1. The highest BCUT2D eigenvalue weighted by Crippen LogP contribution is 2.44. The molecule has 0 unspecified atom stereocenters. The van der Waals surface area contributed by atoms with Crippen LogP contribution in [0.2, 0.25) is 0 Å². The maximum Gasteiger partial charge on any atom is 0.258 e. The van der Waals surface area contributed by atoms with Crippen molar-refractivity contribution in [3.63, 3.8) is 0 Å². The molecular weight excluding hydrogens is 431 g/mol. The average Bonchev–Trinajstić information content (AvgIpc) is 3.19. The van der Waals surface area contributed by atoms with E-state index < -0.39 is 6.10 Å². The Kier molecular flexibility index (Phi) is 4.92. The number of aromatic nitrogens is 2. The molecule has 1 fully saturated rings. The molecule has 176 valence electrons. The Morgan fingerprint density at radius 2 is 1.79 bits per heavy atom. The first-order chi connectivity index (χ1) is 16.5. The molecule has 7 rings (SSSR count). The Bertz CT molecular complexity index is 1460. The number of benzene rings is 1. The van der Waals surface area contributed by atoms with E-state index in [-0.39, 0.29) is 18.0 Å². The zero-order chi connectivity index (χ0) is 23.7. The Morgan fingerprint density at radius 1 is 1.06 bits per heavy atom. The number of aliphatic hydroxyl groups excluding tert-OH is 1. The molecule has 1 atom stereocenters. The third-order valence-electron chi connectivity index (χ3n) is 7.88. The van der Waals surface area contributed by atoms with E-state index in [9.17, 15) is 14.3 Å². The van der Waals surface area contributed by atoms with Gasteiger partial charge in [-0.15, -0.1) is 0 Å². The summed E-state index contributed by atoms with van der Waals surface area (Å²) in [6, 6.07) is 3.44. The van der Waals surface area contributed by atoms with Crippen molar-refractivity contribution in [2.24, 2.45) is 0 Å². The van der Waals surface area contributed by atoms with Gasteiger partial charge in [0.25, 0.3) is 5.56 Å². The minimum Gasteiger partial charge on any atom is -0.490 e. The number of hydrogen-bond acceptors (Lipinski definition) is 4. The second-order valence-corrected chi connectivity index (χ2v) is 9.49. The molecule has 2 aliphatic carbocycles. The van der Waals surface area contributed by atoms with Crippen LogP contribution in [0.15, 0.2) is 28.3 Å². The van der Waals surface area contributed by atoms with Crippen LogP contribution in [0.4, 0.5) is 4.39 Å². The summed E-state index contributed by atoms with van der Waals surface area (Å²) < 4.78 is 22.3. The fourth-order valence-corrected chi connectivity index (χ4v) is 5.98. The van der Waals surface area contributed by atoms with Crippen LogP contribution >= 0.6 is 0 Å². The molecule has 1 N–H and O–H groups in total. The first-order valence-electron chi connectivity index (χ1n) is 12.5. The van der Waals surface area contributed by atoms with Crippen molar-refractivity contribution in [3.8, 4) is 11.4 Å². The van der Waals surface area contributed by atoms with Crippen LogP contribution in [0.5, 0.6) is 0 Å². The lowest BCUT2D eigenvalue weighted by atomic mass is 9.84. The van der Waals surface area contributed by atoms with Gasteiger partial charge in [-0.2, -0.15) is 0 Å². The summed E-state index contributed by atoms with van der Waals surface area (Å²) in [4.78, 5) is 18.3. The van der Waals surface area contributed by atoms with Gasteiger partial charge in [0.05, 0.1) is 29.0 Å². The van der Waals surface area contributed by atoms with E-state index in [1.165, 1.54) is 11.6 Å². The van der Waals surface area contributed by atoms with Crippen LogP contribution in [0.1, 0.15) is 79.0 Å². The van der Waals surface area contributed by atoms with Crippen molar-refractivity contribution in [2.45, 2.75) is 78.6 Å². The highest BCUT2D eigenvalue weighted by molar-refractivity contribution is 5.92. The minimum absolute atomic E-state index is 0.123. The highest BCUT2D eigenvalue weighted by atomic mass is 19.1. The number of pyridine rings is 2. The molecule has 6 heteroatoms. The number of nitrogens with zero attached hydrogens (tertiary/aromatic N) is 2. The van der Waals surface area contributed by atoms with Gasteiger partial charge in [-0.05, 0) is 73.8 Å². The second-order valence-electron chi connectivity index (χ2n) is 9.49. The van der Waals surface area contributed by atoms with Crippen LogP contribution in [0.25, 0.3) is 22.3 Å². The summed E-state index contributed by atoms with van der Waals surface area (Å²) in [7, 11) is 0. The Hall–Kier alpha value is -2.99. The van der Waals surface area contributed by atoms with Crippen molar-refractivity contribution in [3.05, 3.63) is 73.0 Å². The highest BCUT2D eigenvalue weighted by Gasteiger charge is 2.35. The van der Waals surface area contributed by atoms with Crippen molar-refractivity contribution < 1.29 is 14.2 Å². The number of ether oxygens (including phenoxy) is 1. The van der Waals surface area contributed by atoms with Gasteiger partial charge in [0.1, 0.15) is 24.3 Å². The lowest BCUT2D eigenvalue weighted by Crippen LogP contribution is -2.30. The van der Waals surface area contributed by atoms with Gasteiger partial charge in [0.15, 0.2) is 0 Å². The fourth-order valence-electron chi connectivity index (χ4n) is 5.98. The van der Waals surface area contributed by atoms with Gasteiger partial charge >= 0.3 is 0 Å². The maximum atomic E-state index is 14.7. The van der Waals surface area contributed by atoms with E-state index >= 15 is 0 Å². The van der Waals surface area contributed by atoms with Crippen molar-refractivity contribution in [1.82, 2.24) is 9.55 Å². The van der Waals surface area contributed by atoms with Crippen LogP contribution in [0, 0.1) is 12.7 Å². The number of allylic oxidation sites excluding steroid dienone is 1. The normalized spacial score (nSPS) is 19.5. The van der Waals surface area contributed by atoms with Crippen molar-refractivity contribution in [2.75, 3.05) is 0 Å². The maximum absolute atomic E-state index is 14.7. The van der Waals surface area contributed by atoms with Crippen LogP contribution in [-0.2, 0) is 30.7 Å². The van der Waals surface area contributed by atoms with Gasteiger partial charge in [0.2, 0.25) is 0 Å². The quantitative estimate of drug-likeness (QED) is 0.382. The van der Waals surface area contributed by atoms with Gasteiger partial charge in [-0.25, -0.2) is 9.37 Å². The van der Waals surface area contributed by atoms with Crippen molar-refractivity contribution in [1.29, 1.82) is 0 Å². The molecule has 3 aromatic rings. The summed E-state index contributed by atoms with van der Waals surface area (Å²) >= 11 is 0. The molecule has 34 heavy (non-hydrogen) atoms. The fraction of sp³-hybridized carbons (Fsp3) is 0.429. The molecule has 2 aliphatic heterocycles. The predicted molar refractivity (Wildman–Crippen MR) is 129 cm³/mol. The summed E-state index contributed by atoms with van der Waals surface area (Å²) in [6.45, 7) is 6.50. The van der Waals surface area contributed by atoms with Crippen LogP contribution in [-0.4, -0.2) is 14.7 Å². The number of aryl methyl sites for hydroxylation is 2. The van der Waals surface area contributed by atoms with E-state index in [1.54, 1.807) is 4.57 Å². The standard InChI is InChI=1S/C26H23FN2O3.C2H6/c1-12-14-6-3-7-15-17-10-29-21(23(17)28-20(22(14)15)9-19(12)27)8-16-18(26(29)31)11-32-25(24(16)30)13-4-2-5-13;1-2/h8-9,24,30H,2-7,10-11H2,1H3;1-2H3/t24-;/m0./s1. The molecule has 2 aromatic heterocycles. The van der Waals surface area contributed by atoms with Crippen molar-refractivity contribution >= 4 is 10.9 Å². The number of fused-ring (bicyclic) bond motifs is 5. The first-order valence-corrected chi connectivity index (χ1v) is 12.5. The largest absolute Gasteiger partial charge is 0.490 e. The molecule has 0 radical (unpaired) electrons. The number of aliphatic hydroxyl groups is 1. The third kappa shape index (κ3) is 2.81. The molecule has 5 nitrogen and oxygen atoms in total. The van der Waals surface area contributed by atoms with E-state index in [1.807, 2.05) is 26.8 Å². The zero-order valence-corrected chi connectivity index (χ0v) is 19.9. The second kappa shape index (κ2) is 7.77. The smallest absolute Gasteiger partial charge is 0.258 e. The average molecular weight is 461 g/mol. The molecular formula is C28H29FN2O3. The number of hydrogen-bond donors (Lipinski definition) is 1. The zero-order valence-electron chi connectivity index (χ0n) is 19.9. The van der Waals surface area contributed by atoms with Gasteiger partial charge in [-0.3, -0.25) is 4.79 Å². The molecule has 1 saturated carbocycles. The van der Waals surface area contributed by atoms with E-state index in [2.05, 4.69) is 0 Å². The van der Waals surface area contributed by atoms with Crippen LogP contribution < -0.4 is 5.56 Å². The Balaban J connectivity index is 0.00000106. The van der Waals surface area contributed by atoms with Gasteiger partial charge in [-0.1, -0.05) is 13.8 Å². The van der Waals surface area contributed by atoms with E-state index in [4.69, 9.17) is 9.72 Å². The summed E-state index contributed by atoms with van der Waals surface area (Å²) in [6.07, 6.45) is 4.81. The Labute approximate surface area is 197 Å². The SMILES string of the molecule is CC.Cc1c(F)cc2nc3c(c4c2c1CCC4)Cn1c-3cc2c(c1=O)COC(=C1CCC1)[C@H]2O. The van der Waals surface area contributed by atoms with Gasteiger partial charge < -0.3 is 14.4 Å². The molecule has 0 amide bonds. The Morgan fingerprint density at radius 3 is 2.53 bits per heavy atom. The lowest BCUT2D eigenvalue weighted by Gasteiger charge is -2.30. The van der Waals surface area contributed by atoms with E-state index in [0.717, 1.165) is 66.3 Å². The monoisotopic (exact) mass is 460 g/mol. The summed E-state index contributed by atoms with van der Waals surface area (Å²) in [5.41, 5.74) is 8.34. The molecule has 0 bridgehead atoms. The molecule has 1 aromatic carbocycles. The van der Waals surface area contributed by atoms with Gasteiger partial charge in [0, 0.05) is 22.6 Å². The summed E-state index contributed by atoms with van der Waals surface area (Å²) in [5.74, 6) is 0.396. The van der Waals surface area contributed by atoms with E-state index in [0.29, 0.717) is 40.2 Å². The molecule has 0 saturated heterocycles. The number of rotatable bonds is 0. The minimum atomic E-state index is -0.915. The topological polar surface area (TPSA) is 64.4 Å². The molecule has 0 spiro atoms. The van der Waals surface area contributed by atoms with Crippen LogP contribution in [0.3, 0.4) is 0 Å². The lowest BCUT2D eigenvalue weighted by molar-refractivity contribution is 0.0680.